The number of nitrogens with zero attached hydrogens (tertiary/aromatic N) is 2. The number of fused-ring (bicyclic) bond motifs is 1. The van der Waals surface area contributed by atoms with Gasteiger partial charge in [-0.2, -0.15) is 0 Å². The van der Waals surface area contributed by atoms with Crippen molar-refractivity contribution < 1.29 is 14.3 Å². The molecule has 1 aromatic carbocycles. The zero-order valence-electron chi connectivity index (χ0n) is 15.8. The standard InChI is InChI=1S/C21H25N3O3/c1-14(2)27-18-10-17-15(9-16(18)12-25)3-6-22-20(17)24-7-4-21(5-8-24)11-19(26)23-13-21/h3,6,9-10,12,14H,4-5,7-8,11,13H2,1-2H3,(H,23,26). The molecule has 1 spiro atoms. The van der Waals surface area contributed by atoms with Gasteiger partial charge in [-0.1, -0.05) is 0 Å². The van der Waals surface area contributed by atoms with E-state index in [-0.39, 0.29) is 17.4 Å². The lowest BCUT2D eigenvalue weighted by Gasteiger charge is -2.39. The van der Waals surface area contributed by atoms with Gasteiger partial charge in [0, 0.05) is 37.6 Å². The second-order valence-corrected chi connectivity index (χ2v) is 7.97. The van der Waals surface area contributed by atoms with Crippen molar-refractivity contribution in [1.82, 2.24) is 10.3 Å². The molecule has 0 saturated carbocycles. The van der Waals surface area contributed by atoms with Gasteiger partial charge in [-0.05, 0) is 55.7 Å². The quantitative estimate of drug-likeness (QED) is 0.842. The Morgan fingerprint density at radius 1 is 1.30 bits per heavy atom. The lowest BCUT2D eigenvalue weighted by atomic mass is 9.77. The van der Waals surface area contributed by atoms with Crippen LogP contribution >= 0.6 is 0 Å². The highest BCUT2D eigenvalue weighted by atomic mass is 16.5. The first-order valence-electron chi connectivity index (χ1n) is 9.56. The molecule has 6 heteroatoms. The Balaban J connectivity index is 1.66. The topological polar surface area (TPSA) is 71.5 Å². The Kier molecular flexibility index (Phi) is 4.50. The molecule has 2 saturated heterocycles. The number of anilines is 1. The molecular formula is C21H25N3O3. The zero-order chi connectivity index (χ0) is 19.0. The molecule has 1 N–H and O–H groups in total. The Bertz CT molecular complexity index is 886. The Morgan fingerprint density at radius 2 is 2.07 bits per heavy atom. The minimum Gasteiger partial charge on any atom is -0.490 e. The minimum atomic E-state index is -0.0106. The first-order valence-corrected chi connectivity index (χ1v) is 9.56. The summed E-state index contributed by atoms with van der Waals surface area (Å²) >= 11 is 0. The van der Waals surface area contributed by atoms with E-state index in [1.807, 2.05) is 32.0 Å². The van der Waals surface area contributed by atoms with Gasteiger partial charge in [0.15, 0.2) is 6.29 Å². The maximum atomic E-state index is 11.6. The zero-order valence-corrected chi connectivity index (χ0v) is 15.8. The normalized spacial score (nSPS) is 18.9. The van der Waals surface area contributed by atoms with E-state index in [4.69, 9.17) is 4.74 Å². The van der Waals surface area contributed by atoms with Gasteiger partial charge in [-0.15, -0.1) is 0 Å². The summed E-state index contributed by atoms with van der Waals surface area (Å²) in [4.78, 5) is 30.0. The summed E-state index contributed by atoms with van der Waals surface area (Å²) in [5.74, 6) is 1.69. The number of rotatable bonds is 4. The molecule has 142 valence electrons. The molecule has 0 radical (unpaired) electrons. The monoisotopic (exact) mass is 367 g/mol. The molecule has 1 amide bonds. The van der Waals surface area contributed by atoms with Crippen LogP contribution in [-0.4, -0.2) is 42.9 Å². The SMILES string of the molecule is CC(C)Oc1cc2c(N3CCC4(CC3)CNC(=O)C4)nccc2cc1C=O. The average molecular weight is 367 g/mol. The van der Waals surface area contributed by atoms with Crippen LogP contribution in [0.5, 0.6) is 5.75 Å². The molecule has 2 aliphatic heterocycles. The van der Waals surface area contributed by atoms with Crippen LogP contribution < -0.4 is 15.0 Å². The number of hydrogen-bond donors (Lipinski definition) is 1. The van der Waals surface area contributed by atoms with Crippen molar-refractivity contribution in [2.24, 2.45) is 5.41 Å². The smallest absolute Gasteiger partial charge is 0.220 e. The number of ether oxygens (including phenoxy) is 1. The highest BCUT2D eigenvalue weighted by Gasteiger charge is 2.41. The van der Waals surface area contributed by atoms with Crippen LogP contribution in [-0.2, 0) is 4.79 Å². The molecule has 0 aliphatic carbocycles. The third kappa shape index (κ3) is 3.36. The van der Waals surface area contributed by atoms with Gasteiger partial charge >= 0.3 is 0 Å². The minimum absolute atomic E-state index is 0.0106. The molecule has 2 aromatic rings. The van der Waals surface area contributed by atoms with Crippen molar-refractivity contribution >= 4 is 28.8 Å². The third-order valence-electron chi connectivity index (χ3n) is 5.68. The maximum absolute atomic E-state index is 11.6. The van der Waals surface area contributed by atoms with E-state index in [1.54, 1.807) is 6.20 Å². The summed E-state index contributed by atoms with van der Waals surface area (Å²) in [6, 6.07) is 5.73. The first-order chi connectivity index (χ1) is 13.0. The summed E-state index contributed by atoms with van der Waals surface area (Å²) in [6.45, 7) is 6.43. The molecule has 0 unspecified atom stereocenters. The van der Waals surface area contributed by atoms with Gasteiger partial charge in [0.1, 0.15) is 11.6 Å². The number of benzene rings is 1. The van der Waals surface area contributed by atoms with E-state index in [0.717, 1.165) is 55.4 Å². The van der Waals surface area contributed by atoms with Gasteiger partial charge < -0.3 is 15.0 Å². The molecule has 1 aromatic heterocycles. The molecule has 27 heavy (non-hydrogen) atoms. The van der Waals surface area contributed by atoms with Crippen molar-refractivity contribution in [3.63, 3.8) is 0 Å². The number of piperidine rings is 1. The molecule has 4 rings (SSSR count). The number of carbonyl (C=O) groups is 2. The number of aromatic nitrogens is 1. The first kappa shape index (κ1) is 17.8. The van der Waals surface area contributed by atoms with E-state index < -0.39 is 0 Å². The fourth-order valence-electron chi connectivity index (χ4n) is 4.20. The Labute approximate surface area is 158 Å². The summed E-state index contributed by atoms with van der Waals surface area (Å²) in [5, 5.41) is 4.96. The van der Waals surface area contributed by atoms with Crippen LogP contribution in [0.25, 0.3) is 10.8 Å². The van der Waals surface area contributed by atoms with E-state index in [0.29, 0.717) is 17.7 Å². The van der Waals surface area contributed by atoms with E-state index >= 15 is 0 Å². The summed E-state index contributed by atoms with van der Waals surface area (Å²) in [6.07, 6.45) is 5.21. The largest absolute Gasteiger partial charge is 0.490 e. The number of amides is 1. The van der Waals surface area contributed by atoms with Gasteiger partial charge in [-0.3, -0.25) is 9.59 Å². The number of nitrogens with one attached hydrogen (secondary N) is 1. The van der Waals surface area contributed by atoms with Gasteiger partial charge in [0.25, 0.3) is 0 Å². The van der Waals surface area contributed by atoms with Crippen LogP contribution in [0.1, 0.15) is 43.5 Å². The van der Waals surface area contributed by atoms with Crippen molar-refractivity contribution in [3.05, 3.63) is 30.0 Å². The van der Waals surface area contributed by atoms with Crippen molar-refractivity contribution in [2.45, 2.75) is 39.2 Å². The highest BCUT2D eigenvalue weighted by molar-refractivity contribution is 5.98. The second-order valence-electron chi connectivity index (χ2n) is 7.97. The van der Waals surface area contributed by atoms with Crippen LogP contribution in [0, 0.1) is 5.41 Å². The van der Waals surface area contributed by atoms with E-state index in [2.05, 4.69) is 15.2 Å². The van der Waals surface area contributed by atoms with Gasteiger partial charge in [0.2, 0.25) is 5.91 Å². The lowest BCUT2D eigenvalue weighted by Crippen LogP contribution is -2.41. The molecule has 3 heterocycles. The Hall–Kier alpha value is -2.63. The lowest BCUT2D eigenvalue weighted by molar-refractivity contribution is -0.119. The van der Waals surface area contributed by atoms with E-state index in [9.17, 15) is 9.59 Å². The van der Waals surface area contributed by atoms with Gasteiger partial charge in [0.05, 0.1) is 11.7 Å². The molecule has 0 atom stereocenters. The number of carbonyl (C=O) groups excluding carboxylic acids is 2. The van der Waals surface area contributed by atoms with Crippen molar-refractivity contribution in [2.75, 3.05) is 24.5 Å². The number of hydrogen-bond acceptors (Lipinski definition) is 5. The maximum Gasteiger partial charge on any atom is 0.220 e. The highest BCUT2D eigenvalue weighted by Crippen LogP contribution is 2.40. The van der Waals surface area contributed by atoms with Crippen molar-refractivity contribution in [1.29, 1.82) is 0 Å². The fourth-order valence-corrected chi connectivity index (χ4v) is 4.20. The van der Waals surface area contributed by atoms with Crippen LogP contribution in [0.3, 0.4) is 0 Å². The molecule has 0 bridgehead atoms. The Morgan fingerprint density at radius 3 is 2.70 bits per heavy atom. The van der Waals surface area contributed by atoms with Crippen LogP contribution in [0.15, 0.2) is 24.4 Å². The van der Waals surface area contributed by atoms with Gasteiger partial charge in [-0.25, -0.2) is 4.98 Å². The summed E-state index contributed by atoms with van der Waals surface area (Å²) in [7, 11) is 0. The number of aldehydes is 1. The van der Waals surface area contributed by atoms with Crippen molar-refractivity contribution in [3.8, 4) is 5.75 Å². The summed E-state index contributed by atoms with van der Waals surface area (Å²) < 4.78 is 5.85. The fraction of sp³-hybridized carbons (Fsp3) is 0.476. The second kappa shape index (κ2) is 6.83. The predicted octanol–water partition coefficient (Wildman–Crippen LogP) is 2.94. The molecular weight excluding hydrogens is 342 g/mol. The summed E-state index contributed by atoms with van der Waals surface area (Å²) in [5.41, 5.74) is 0.663. The molecule has 2 aliphatic rings. The molecule has 2 fully saturated rings. The molecule has 6 nitrogen and oxygen atoms in total. The van der Waals surface area contributed by atoms with Crippen LogP contribution in [0.4, 0.5) is 5.82 Å². The predicted molar refractivity (Wildman–Crippen MR) is 104 cm³/mol. The third-order valence-corrected chi connectivity index (χ3v) is 5.68. The number of pyridine rings is 1. The average Bonchev–Trinajstić information content (AvgIpc) is 3.01. The van der Waals surface area contributed by atoms with Crippen LogP contribution in [0.2, 0.25) is 0 Å². The van der Waals surface area contributed by atoms with E-state index in [1.165, 1.54) is 0 Å².